The number of likely N-dealkylation sites (N-methyl/N-ethyl adjacent to an activating group) is 1. The van der Waals surface area contributed by atoms with Crippen LogP contribution in [-0.2, 0) is 22.6 Å². The van der Waals surface area contributed by atoms with Gasteiger partial charge in [-0.2, -0.15) is 0 Å². The van der Waals surface area contributed by atoms with E-state index in [1.165, 1.54) is 11.9 Å². The van der Waals surface area contributed by atoms with Gasteiger partial charge in [-0.25, -0.2) is 0 Å². The van der Waals surface area contributed by atoms with Gasteiger partial charge in [0.2, 0.25) is 5.91 Å². The van der Waals surface area contributed by atoms with Crippen LogP contribution in [-0.4, -0.2) is 36.4 Å². The first-order chi connectivity index (χ1) is 15.9. The van der Waals surface area contributed by atoms with Crippen LogP contribution in [0.15, 0.2) is 72.8 Å². The second-order valence-corrected chi connectivity index (χ2v) is 8.54. The topological polar surface area (TPSA) is 58.6 Å². The number of halogens is 3. The molecule has 0 saturated carbocycles. The van der Waals surface area contributed by atoms with E-state index in [1.54, 1.807) is 42.5 Å². The first-order valence-electron chi connectivity index (χ1n) is 10.2. The van der Waals surface area contributed by atoms with Crippen molar-refractivity contribution in [2.75, 3.05) is 13.7 Å². The molecule has 3 aromatic carbocycles. The van der Waals surface area contributed by atoms with Gasteiger partial charge in [0, 0.05) is 40.6 Å². The van der Waals surface area contributed by atoms with Crippen molar-refractivity contribution >= 4 is 46.6 Å². The van der Waals surface area contributed by atoms with Gasteiger partial charge in [-0.3, -0.25) is 9.59 Å². The molecule has 1 atom stereocenters. The van der Waals surface area contributed by atoms with E-state index in [-0.39, 0.29) is 25.0 Å². The second kappa shape index (κ2) is 11.9. The molecule has 0 saturated heterocycles. The zero-order valence-corrected chi connectivity index (χ0v) is 20.2. The SMILES string of the molecule is CNC(=O)C(Cc1ccccc1)N(Cc1c(Cl)cccc1Cl)C(=O)COc1ccc(Cl)cc1. The van der Waals surface area contributed by atoms with Gasteiger partial charge in [-0.05, 0) is 42.0 Å². The lowest BCUT2D eigenvalue weighted by Gasteiger charge is -2.31. The molecular formula is C25H23Cl3N2O3. The molecule has 0 heterocycles. The van der Waals surface area contributed by atoms with E-state index in [4.69, 9.17) is 39.5 Å². The van der Waals surface area contributed by atoms with Crippen molar-refractivity contribution in [1.29, 1.82) is 0 Å². The Balaban J connectivity index is 1.91. The molecular weight excluding hydrogens is 483 g/mol. The maximum absolute atomic E-state index is 13.4. The number of benzene rings is 3. The highest BCUT2D eigenvalue weighted by Crippen LogP contribution is 2.27. The minimum Gasteiger partial charge on any atom is -0.484 e. The number of carbonyl (C=O) groups excluding carboxylic acids is 2. The van der Waals surface area contributed by atoms with E-state index in [2.05, 4.69) is 5.32 Å². The molecule has 1 N–H and O–H groups in total. The fourth-order valence-electron chi connectivity index (χ4n) is 3.33. The summed E-state index contributed by atoms with van der Waals surface area (Å²) in [6.45, 7) is -0.224. The van der Waals surface area contributed by atoms with Crippen molar-refractivity contribution in [2.24, 2.45) is 0 Å². The smallest absolute Gasteiger partial charge is 0.261 e. The molecule has 0 aromatic heterocycles. The summed E-state index contributed by atoms with van der Waals surface area (Å²) >= 11 is 18.7. The van der Waals surface area contributed by atoms with E-state index < -0.39 is 6.04 Å². The Morgan fingerprint density at radius 2 is 1.55 bits per heavy atom. The molecule has 5 nitrogen and oxygen atoms in total. The summed E-state index contributed by atoms with van der Waals surface area (Å²) in [7, 11) is 1.54. The normalized spacial score (nSPS) is 11.5. The number of hydrogen-bond donors (Lipinski definition) is 1. The first kappa shape index (κ1) is 24.9. The van der Waals surface area contributed by atoms with Crippen molar-refractivity contribution in [3.05, 3.63) is 99.0 Å². The van der Waals surface area contributed by atoms with Crippen LogP contribution in [0.4, 0.5) is 0 Å². The minimum absolute atomic E-state index is 0.0479. The fourth-order valence-corrected chi connectivity index (χ4v) is 3.98. The third-order valence-electron chi connectivity index (χ3n) is 5.08. The predicted octanol–water partition coefficient (Wildman–Crippen LogP) is 5.41. The Labute approximate surface area is 208 Å². The van der Waals surface area contributed by atoms with Crippen LogP contribution in [0.1, 0.15) is 11.1 Å². The van der Waals surface area contributed by atoms with E-state index in [0.717, 1.165) is 5.56 Å². The number of hydrogen-bond acceptors (Lipinski definition) is 3. The van der Waals surface area contributed by atoms with Crippen LogP contribution in [0.2, 0.25) is 15.1 Å². The summed E-state index contributed by atoms with van der Waals surface area (Å²) in [6, 6.07) is 20.5. The van der Waals surface area contributed by atoms with Crippen LogP contribution in [0.3, 0.4) is 0 Å². The summed E-state index contributed by atoms with van der Waals surface area (Å²) in [5.74, 6) is -0.199. The Hall–Kier alpha value is -2.73. The number of rotatable bonds is 9. The molecule has 2 amide bonds. The number of nitrogens with one attached hydrogen (secondary N) is 1. The zero-order chi connectivity index (χ0) is 23.8. The molecule has 0 fully saturated rings. The Kier molecular flexibility index (Phi) is 9.01. The van der Waals surface area contributed by atoms with Crippen LogP contribution >= 0.6 is 34.8 Å². The van der Waals surface area contributed by atoms with Gasteiger partial charge >= 0.3 is 0 Å². The van der Waals surface area contributed by atoms with Crippen molar-refractivity contribution in [1.82, 2.24) is 10.2 Å². The second-order valence-electron chi connectivity index (χ2n) is 7.28. The Morgan fingerprint density at radius 1 is 0.909 bits per heavy atom. The van der Waals surface area contributed by atoms with Crippen molar-refractivity contribution < 1.29 is 14.3 Å². The van der Waals surface area contributed by atoms with Gasteiger partial charge in [0.1, 0.15) is 11.8 Å². The molecule has 0 aliphatic heterocycles. The number of carbonyl (C=O) groups is 2. The molecule has 172 valence electrons. The molecule has 0 spiro atoms. The van der Waals surface area contributed by atoms with Crippen LogP contribution in [0, 0.1) is 0 Å². The quantitative estimate of drug-likeness (QED) is 0.423. The summed E-state index contributed by atoms with van der Waals surface area (Å²) in [4.78, 5) is 27.7. The monoisotopic (exact) mass is 504 g/mol. The average molecular weight is 506 g/mol. The molecule has 0 radical (unpaired) electrons. The third-order valence-corrected chi connectivity index (χ3v) is 6.04. The van der Waals surface area contributed by atoms with E-state index >= 15 is 0 Å². The minimum atomic E-state index is -0.800. The summed E-state index contributed by atoms with van der Waals surface area (Å²) < 4.78 is 5.67. The maximum atomic E-state index is 13.4. The molecule has 0 bridgehead atoms. The molecule has 8 heteroatoms. The number of amides is 2. The highest BCUT2D eigenvalue weighted by molar-refractivity contribution is 6.36. The lowest BCUT2D eigenvalue weighted by molar-refractivity contribution is -0.142. The van der Waals surface area contributed by atoms with Gasteiger partial charge in [0.25, 0.3) is 5.91 Å². The summed E-state index contributed by atoms with van der Waals surface area (Å²) in [5.41, 5.74) is 1.47. The zero-order valence-electron chi connectivity index (χ0n) is 17.9. The van der Waals surface area contributed by atoms with E-state index in [9.17, 15) is 9.59 Å². The molecule has 33 heavy (non-hydrogen) atoms. The summed E-state index contributed by atoms with van der Waals surface area (Å²) in [5, 5.41) is 4.05. The van der Waals surface area contributed by atoms with Gasteiger partial charge in [-0.1, -0.05) is 71.2 Å². The van der Waals surface area contributed by atoms with Gasteiger partial charge < -0.3 is 15.0 Å². The maximum Gasteiger partial charge on any atom is 0.261 e. The lowest BCUT2D eigenvalue weighted by Crippen LogP contribution is -2.51. The van der Waals surface area contributed by atoms with Crippen LogP contribution < -0.4 is 10.1 Å². The molecule has 3 rings (SSSR count). The van der Waals surface area contributed by atoms with E-state index in [0.29, 0.717) is 32.8 Å². The largest absolute Gasteiger partial charge is 0.484 e. The van der Waals surface area contributed by atoms with Crippen LogP contribution in [0.5, 0.6) is 5.75 Å². The fraction of sp³-hybridized carbons (Fsp3) is 0.200. The molecule has 0 aliphatic carbocycles. The van der Waals surface area contributed by atoms with Crippen molar-refractivity contribution in [3.8, 4) is 5.75 Å². The van der Waals surface area contributed by atoms with Gasteiger partial charge in [0.15, 0.2) is 6.61 Å². The summed E-state index contributed by atoms with van der Waals surface area (Å²) in [6.07, 6.45) is 0.315. The highest BCUT2D eigenvalue weighted by Gasteiger charge is 2.31. The van der Waals surface area contributed by atoms with Crippen LogP contribution in [0.25, 0.3) is 0 Å². The standard InChI is InChI=1S/C25H23Cl3N2O3/c1-29-25(32)23(14-17-6-3-2-4-7-17)30(15-20-21(27)8-5-9-22(20)28)24(31)16-33-19-12-10-18(26)11-13-19/h2-13,23H,14-16H2,1H3,(H,29,32). The Morgan fingerprint density at radius 3 is 2.15 bits per heavy atom. The first-order valence-corrected chi connectivity index (χ1v) is 11.4. The number of nitrogens with zero attached hydrogens (tertiary/aromatic N) is 1. The molecule has 1 unspecified atom stereocenters. The third kappa shape index (κ3) is 6.87. The lowest BCUT2D eigenvalue weighted by atomic mass is 10.0. The molecule has 3 aromatic rings. The number of ether oxygens (including phenoxy) is 1. The predicted molar refractivity (Wildman–Crippen MR) is 132 cm³/mol. The van der Waals surface area contributed by atoms with Gasteiger partial charge in [-0.15, -0.1) is 0 Å². The van der Waals surface area contributed by atoms with E-state index in [1.807, 2.05) is 30.3 Å². The average Bonchev–Trinajstić information content (AvgIpc) is 2.82. The molecule has 0 aliphatic rings. The Bertz CT molecular complexity index is 1070. The highest BCUT2D eigenvalue weighted by atomic mass is 35.5. The van der Waals surface area contributed by atoms with Crippen molar-refractivity contribution in [3.63, 3.8) is 0 Å². The van der Waals surface area contributed by atoms with Crippen molar-refractivity contribution in [2.45, 2.75) is 19.0 Å². The van der Waals surface area contributed by atoms with Gasteiger partial charge in [0.05, 0.1) is 0 Å².